The lowest BCUT2D eigenvalue weighted by Gasteiger charge is -2.24. The van der Waals surface area contributed by atoms with Gasteiger partial charge in [0.15, 0.2) is 0 Å². The molecule has 0 aromatic heterocycles. The molecule has 3 heteroatoms. The molecule has 0 N–H and O–H groups in total. The van der Waals surface area contributed by atoms with E-state index in [0.717, 1.165) is 13.1 Å². The van der Waals surface area contributed by atoms with Crippen LogP contribution in [0.4, 0.5) is 0 Å². The molecular formula is C14H22N3+. The van der Waals surface area contributed by atoms with Crippen molar-refractivity contribution in [2.24, 2.45) is 0 Å². The molecule has 1 aliphatic heterocycles. The van der Waals surface area contributed by atoms with Crippen molar-refractivity contribution in [3.63, 3.8) is 0 Å². The summed E-state index contributed by atoms with van der Waals surface area (Å²) in [5.74, 6) is 1.31. The monoisotopic (exact) mass is 232 g/mol. The van der Waals surface area contributed by atoms with Crippen molar-refractivity contribution in [1.29, 1.82) is 0 Å². The number of nitrogens with zero attached hydrogens (tertiary/aromatic N) is 3. The second kappa shape index (κ2) is 4.78. The van der Waals surface area contributed by atoms with E-state index in [9.17, 15) is 0 Å². The molecule has 0 spiro atoms. The maximum absolute atomic E-state index is 2.35. The predicted octanol–water partition coefficient (Wildman–Crippen LogP) is 1.62. The van der Waals surface area contributed by atoms with Crippen molar-refractivity contribution in [1.82, 2.24) is 9.80 Å². The Morgan fingerprint density at radius 2 is 1.94 bits per heavy atom. The Morgan fingerprint density at radius 3 is 2.47 bits per heavy atom. The third-order valence-electron chi connectivity index (χ3n) is 3.63. The van der Waals surface area contributed by atoms with Crippen LogP contribution in [0.15, 0.2) is 30.3 Å². The molecule has 92 valence electrons. The summed E-state index contributed by atoms with van der Waals surface area (Å²) in [5, 5.41) is 0. The highest BCUT2D eigenvalue weighted by Crippen LogP contribution is 2.20. The standard InChI is InChI=1S/C14H22N3/c1-12(13-8-6-5-7-9-13)17(4)14-15(2)10-11-16(14)3/h5-9,12H,10-11H2,1-4H3/q+1/t12-/m1/s1. The molecule has 1 atom stereocenters. The quantitative estimate of drug-likeness (QED) is 0.717. The van der Waals surface area contributed by atoms with E-state index in [-0.39, 0.29) is 0 Å². The number of rotatable bonds is 2. The molecule has 0 aliphatic carbocycles. The Labute approximate surface area is 104 Å². The van der Waals surface area contributed by atoms with Crippen LogP contribution in [0.1, 0.15) is 18.5 Å². The van der Waals surface area contributed by atoms with Crippen LogP contribution in [0.2, 0.25) is 0 Å². The van der Waals surface area contributed by atoms with Gasteiger partial charge in [-0.2, -0.15) is 0 Å². The molecular weight excluding hydrogens is 210 g/mol. The first-order valence-corrected chi connectivity index (χ1v) is 6.18. The first-order chi connectivity index (χ1) is 8.11. The maximum atomic E-state index is 2.35. The molecule has 0 saturated carbocycles. The van der Waals surface area contributed by atoms with Gasteiger partial charge in [0.1, 0.15) is 0 Å². The number of guanidine groups is 1. The van der Waals surface area contributed by atoms with Crippen molar-refractivity contribution >= 4 is 5.96 Å². The number of hydrogen-bond donors (Lipinski definition) is 0. The number of likely N-dealkylation sites (N-methyl/N-ethyl adjacent to an activating group) is 2. The van der Waals surface area contributed by atoms with Crippen LogP contribution in [0.5, 0.6) is 0 Å². The fourth-order valence-corrected chi connectivity index (χ4v) is 2.46. The Hall–Kier alpha value is -1.51. The molecule has 1 heterocycles. The van der Waals surface area contributed by atoms with Crippen LogP contribution in [-0.2, 0) is 0 Å². The van der Waals surface area contributed by atoms with E-state index in [1.165, 1.54) is 11.5 Å². The highest BCUT2D eigenvalue weighted by atomic mass is 15.4. The van der Waals surface area contributed by atoms with Gasteiger partial charge in [-0.15, -0.1) is 0 Å². The average molecular weight is 232 g/mol. The van der Waals surface area contributed by atoms with Gasteiger partial charge in [0, 0.05) is 0 Å². The maximum Gasteiger partial charge on any atom is 0.350 e. The topological polar surface area (TPSA) is 9.49 Å². The van der Waals surface area contributed by atoms with Crippen LogP contribution in [0.25, 0.3) is 0 Å². The summed E-state index contributed by atoms with van der Waals surface area (Å²) in [6.45, 7) is 4.47. The minimum Gasteiger partial charge on any atom is -0.264 e. The first-order valence-electron chi connectivity index (χ1n) is 6.18. The Kier molecular flexibility index (Phi) is 3.36. The summed E-state index contributed by atoms with van der Waals surface area (Å²) >= 11 is 0. The smallest absolute Gasteiger partial charge is 0.264 e. The highest BCUT2D eigenvalue weighted by Gasteiger charge is 2.31. The van der Waals surface area contributed by atoms with E-state index < -0.39 is 0 Å². The molecule has 1 aromatic carbocycles. The molecule has 1 aromatic rings. The fraction of sp³-hybridized carbons (Fsp3) is 0.500. The van der Waals surface area contributed by atoms with Crippen molar-refractivity contribution < 1.29 is 4.58 Å². The van der Waals surface area contributed by atoms with E-state index in [1.807, 2.05) is 0 Å². The van der Waals surface area contributed by atoms with Crippen molar-refractivity contribution in [2.45, 2.75) is 13.0 Å². The fourth-order valence-electron chi connectivity index (χ4n) is 2.46. The minimum atomic E-state index is 0.397. The summed E-state index contributed by atoms with van der Waals surface area (Å²) in [5.41, 5.74) is 1.36. The summed E-state index contributed by atoms with van der Waals surface area (Å²) in [7, 11) is 6.49. The molecule has 0 saturated heterocycles. The number of benzene rings is 1. The lowest BCUT2D eigenvalue weighted by Crippen LogP contribution is -2.41. The zero-order valence-corrected chi connectivity index (χ0v) is 11.2. The third kappa shape index (κ3) is 2.28. The van der Waals surface area contributed by atoms with E-state index >= 15 is 0 Å². The second-order valence-electron chi connectivity index (χ2n) is 4.84. The average Bonchev–Trinajstić information content (AvgIpc) is 2.68. The summed E-state index contributed by atoms with van der Waals surface area (Å²) in [4.78, 5) is 4.67. The lowest BCUT2D eigenvalue weighted by atomic mass is 10.1. The van der Waals surface area contributed by atoms with Crippen LogP contribution in [-0.4, -0.2) is 54.6 Å². The zero-order chi connectivity index (χ0) is 12.4. The van der Waals surface area contributed by atoms with Crippen LogP contribution in [0, 0.1) is 0 Å². The molecule has 0 fully saturated rings. The third-order valence-corrected chi connectivity index (χ3v) is 3.63. The molecule has 0 radical (unpaired) electrons. The summed E-state index contributed by atoms with van der Waals surface area (Å²) < 4.78 is 2.32. The lowest BCUT2D eigenvalue weighted by molar-refractivity contribution is -0.491. The Morgan fingerprint density at radius 1 is 1.29 bits per heavy atom. The van der Waals surface area contributed by atoms with Gasteiger partial charge in [-0.05, 0) is 12.5 Å². The second-order valence-corrected chi connectivity index (χ2v) is 4.84. The largest absolute Gasteiger partial charge is 0.350 e. The van der Waals surface area contributed by atoms with Crippen LogP contribution >= 0.6 is 0 Å². The number of hydrogen-bond acceptors (Lipinski definition) is 2. The molecule has 1 aliphatic rings. The van der Waals surface area contributed by atoms with Gasteiger partial charge in [0.05, 0.1) is 40.3 Å². The normalized spacial score (nSPS) is 17.5. The van der Waals surface area contributed by atoms with Gasteiger partial charge in [-0.1, -0.05) is 30.3 Å². The van der Waals surface area contributed by atoms with E-state index in [4.69, 9.17) is 0 Å². The van der Waals surface area contributed by atoms with Gasteiger partial charge in [0.25, 0.3) is 0 Å². The van der Waals surface area contributed by atoms with Gasteiger partial charge in [-0.3, -0.25) is 14.4 Å². The first kappa shape index (κ1) is 12.0. The molecule has 2 rings (SSSR count). The zero-order valence-electron chi connectivity index (χ0n) is 11.2. The van der Waals surface area contributed by atoms with Gasteiger partial charge in [0.2, 0.25) is 0 Å². The summed E-state index contributed by atoms with van der Waals surface area (Å²) in [6.07, 6.45) is 0. The summed E-state index contributed by atoms with van der Waals surface area (Å²) in [6, 6.07) is 11.1. The van der Waals surface area contributed by atoms with Crippen molar-refractivity contribution in [3.8, 4) is 0 Å². The van der Waals surface area contributed by atoms with E-state index in [2.05, 4.69) is 72.8 Å². The van der Waals surface area contributed by atoms with Crippen molar-refractivity contribution in [2.75, 3.05) is 34.2 Å². The minimum absolute atomic E-state index is 0.397. The molecule has 0 amide bonds. The van der Waals surface area contributed by atoms with Crippen LogP contribution < -0.4 is 0 Å². The molecule has 0 bridgehead atoms. The predicted molar refractivity (Wildman–Crippen MR) is 71.3 cm³/mol. The molecule has 0 unspecified atom stereocenters. The van der Waals surface area contributed by atoms with Crippen molar-refractivity contribution in [3.05, 3.63) is 35.9 Å². The van der Waals surface area contributed by atoms with Gasteiger partial charge >= 0.3 is 5.96 Å². The van der Waals surface area contributed by atoms with Gasteiger partial charge in [-0.25, -0.2) is 0 Å². The van der Waals surface area contributed by atoms with E-state index in [1.54, 1.807) is 0 Å². The molecule has 3 nitrogen and oxygen atoms in total. The SMILES string of the molecule is C[C@H](c1ccccc1)N(C)C1=[N+](C)CCN1C. The Balaban J connectivity index is 2.21. The van der Waals surface area contributed by atoms with E-state index in [0.29, 0.717) is 6.04 Å². The van der Waals surface area contributed by atoms with Gasteiger partial charge < -0.3 is 0 Å². The Bertz CT molecular complexity index is 411. The molecule has 17 heavy (non-hydrogen) atoms. The van der Waals surface area contributed by atoms with Crippen LogP contribution in [0.3, 0.4) is 0 Å². The highest BCUT2D eigenvalue weighted by molar-refractivity contribution is 5.76.